The number of nitrogens with two attached hydrogens (primary N) is 1. The Morgan fingerprint density at radius 1 is 0.708 bits per heavy atom. The summed E-state index contributed by atoms with van der Waals surface area (Å²) in [5.41, 5.74) is 6.06. The Morgan fingerprint density at radius 2 is 1.33 bits per heavy atom. The van der Waals surface area contributed by atoms with E-state index in [-0.39, 0.29) is 37.3 Å². The number of nitrogens with zero attached hydrogens (tertiary/aromatic N) is 3. The van der Waals surface area contributed by atoms with E-state index < -0.39 is 71.5 Å². The van der Waals surface area contributed by atoms with Gasteiger partial charge in [0.05, 0.1) is 21.0 Å². The van der Waals surface area contributed by atoms with Crippen LogP contribution in [0.15, 0.2) is 109 Å². The molecule has 48 heavy (non-hydrogen) atoms. The fourth-order valence-electron chi connectivity index (χ4n) is 4.53. The molecule has 248 valence electrons. The van der Waals surface area contributed by atoms with Crippen LogP contribution in [0.25, 0.3) is 21.9 Å². The van der Waals surface area contributed by atoms with Crippen molar-refractivity contribution in [2.45, 2.75) is 19.6 Å². The van der Waals surface area contributed by atoms with Gasteiger partial charge >= 0.3 is 0 Å². The summed E-state index contributed by atoms with van der Waals surface area (Å²) in [5, 5.41) is 16.5. The van der Waals surface area contributed by atoms with Gasteiger partial charge in [0.15, 0.2) is 0 Å². The molecular formula is C27H19N5O11S5. The van der Waals surface area contributed by atoms with E-state index in [1.807, 2.05) is 6.07 Å². The van der Waals surface area contributed by atoms with Crippen LogP contribution in [0, 0.1) is 11.3 Å². The Balaban J connectivity index is 1.66. The van der Waals surface area contributed by atoms with Gasteiger partial charge in [-0.15, -0.1) is 10.2 Å². The van der Waals surface area contributed by atoms with Crippen LogP contribution in [0.2, 0.25) is 0 Å². The standard InChI is InChI=1S/C27H19N5O11S5/c28-14-22-25(15-5-4-6-16(9-15)32-45(33,34)18-7-2-1-3-8-18)27(44-26(22)29)31-30-17-10-20-21(23(11-17)47(38,39)40)12-19(46(35,36)37)13-24(20)48(41,42)43/h1-13,32H,29H2,(H,35,36,37)(H,38,39,40)(H,41,42,43). The second kappa shape index (κ2) is 12.3. The van der Waals surface area contributed by atoms with Crippen LogP contribution in [0.1, 0.15) is 5.56 Å². The van der Waals surface area contributed by atoms with E-state index in [4.69, 9.17) is 5.73 Å². The molecular weight excluding hydrogens is 731 g/mol. The summed E-state index contributed by atoms with van der Waals surface area (Å²) in [4.78, 5) is -3.30. The number of anilines is 2. The van der Waals surface area contributed by atoms with Crippen LogP contribution >= 0.6 is 11.3 Å². The third-order valence-corrected chi connectivity index (χ3v) is 11.5. The molecule has 16 nitrogen and oxygen atoms in total. The van der Waals surface area contributed by atoms with E-state index >= 15 is 0 Å². The molecule has 5 aromatic rings. The third kappa shape index (κ3) is 7.05. The molecule has 0 bridgehead atoms. The van der Waals surface area contributed by atoms with Gasteiger partial charge in [-0.1, -0.05) is 41.7 Å². The number of nitrogen functional groups attached to an aromatic ring is 1. The zero-order valence-electron chi connectivity index (χ0n) is 23.6. The van der Waals surface area contributed by atoms with E-state index in [0.29, 0.717) is 18.2 Å². The highest BCUT2D eigenvalue weighted by Crippen LogP contribution is 2.46. The molecule has 0 radical (unpaired) electrons. The topological polar surface area (TPSA) is 284 Å². The zero-order chi connectivity index (χ0) is 35.2. The lowest BCUT2D eigenvalue weighted by atomic mass is 10.0. The Bertz CT molecular complexity index is 2650. The van der Waals surface area contributed by atoms with Crippen molar-refractivity contribution >= 4 is 83.9 Å². The molecule has 0 aliphatic rings. The smallest absolute Gasteiger partial charge is 0.295 e. The van der Waals surface area contributed by atoms with E-state index in [9.17, 15) is 52.6 Å². The maximum absolute atomic E-state index is 12.9. The van der Waals surface area contributed by atoms with Crippen molar-refractivity contribution in [2.24, 2.45) is 10.2 Å². The Hall–Kier alpha value is -4.79. The molecule has 21 heteroatoms. The molecule has 1 heterocycles. The van der Waals surface area contributed by atoms with Crippen molar-refractivity contribution in [1.29, 1.82) is 5.26 Å². The van der Waals surface area contributed by atoms with Crippen LogP contribution in [-0.2, 0) is 40.4 Å². The normalized spacial score (nSPS) is 12.7. The van der Waals surface area contributed by atoms with Crippen LogP contribution in [-0.4, -0.2) is 47.3 Å². The predicted molar refractivity (Wildman–Crippen MR) is 174 cm³/mol. The molecule has 0 aliphatic heterocycles. The average Bonchev–Trinajstić information content (AvgIpc) is 3.32. The van der Waals surface area contributed by atoms with Crippen molar-refractivity contribution in [3.63, 3.8) is 0 Å². The summed E-state index contributed by atoms with van der Waals surface area (Å²) in [7, 11) is -19.6. The lowest BCUT2D eigenvalue weighted by Gasteiger charge is -2.11. The van der Waals surface area contributed by atoms with E-state index in [1.54, 1.807) is 18.2 Å². The van der Waals surface area contributed by atoms with Crippen molar-refractivity contribution in [2.75, 3.05) is 10.5 Å². The van der Waals surface area contributed by atoms with Crippen molar-refractivity contribution in [1.82, 2.24) is 0 Å². The molecule has 0 saturated heterocycles. The van der Waals surface area contributed by atoms with Gasteiger partial charge in [0.1, 0.15) is 25.9 Å². The van der Waals surface area contributed by atoms with Gasteiger partial charge in [0.25, 0.3) is 40.4 Å². The molecule has 1 aromatic heterocycles. The SMILES string of the molecule is N#Cc1c(N)sc(N=Nc2cc(S(=O)(=O)O)c3cc(S(=O)(=O)O)cc(S(=O)(=O)O)c3c2)c1-c1cccc(NS(=O)(=O)c2ccccc2)c1. The molecule has 0 aliphatic carbocycles. The number of rotatable bonds is 9. The molecule has 0 amide bonds. The van der Waals surface area contributed by atoms with Crippen LogP contribution in [0.5, 0.6) is 0 Å². The first-order valence-electron chi connectivity index (χ1n) is 12.8. The molecule has 6 N–H and O–H groups in total. The first kappa shape index (κ1) is 34.5. The molecule has 0 fully saturated rings. The second-order valence-corrected chi connectivity index (χ2v) is 16.6. The fourth-order valence-corrected chi connectivity index (χ4v) is 8.51. The molecule has 0 spiro atoms. The maximum Gasteiger partial charge on any atom is 0.295 e. The van der Waals surface area contributed by atoms with Gasteiger partial charge < -0.3 is 5.73 Å². The van der Waals surface area contributed by atoms with E-state index in [1.165, 1.54) is 36.4 Å². The second-order valence-electron chi connectivity index (χ2n) is 9.72. The summed E-state index contributed by atoms with van der Waals surface area (Å²) in [6.45, 7) is 0. The van der Waals surface area contributed by atoms with E-state index in [0.717, 1.165) is 17.4 Å². The number of hydrogen-bond donors (Lipinski definition) is 5. The quantitative estimate of drug-likeness (QED) is 0.0983. The third-order valence-electron chi connectivity index (χ3n) is 6.55. The fraction of sp³-hybridized carbons (Fsp3) is 0. The van der Waals surface area contributed by atoms with Crippen molar-refractivity contribution in [3.05, 3.63) is 84.4 Å². The number of sulfonamides is 1. The summed E-state index contributed by atoms with van der Waals surface area (Å²) >= 11 is 0.779. The highest BCUT2D eigenvalue weighted by molar-refractivity contribution is 7.92. The van der Waals surface area contributed by atoms with Crippen molar-refractivity contribution in [3.8, 4) is 17.2 Å². The van der Waals surface area contributed by atoms with Crippen LogP contribution < -0.4 is 10.5 Å². The monoisotopic (exact) mass is 749 g/mol. The molecule has 0 unspecified atom stereocenters. The van der Waals surface area contributed by atoms with Gasteiger partial charge in [-0.05, 0) is 54.1 Å². The zero-order valence-corrected chi connectivity index (χ0v) is 27.7. The molecule has 4 aromatic carbocycles. The van der Waals surface area contributed by atoms with Gasteiger partial charge in [0.2, 0.25) is 0 Å². The number of thiophene rings is 1. The van der Waals surface area contributed by atoms with Crippen molar-refractivity contribution < 1.29 is 47.3 Å². The number of benzene rings is 4. The summed E-state index contributed by atoms with van der Waals surface area (Å²) < 4.78 is 130. The lowest BCUT2D eigenvalue weighted by molar-refractivity contribution is 0.478. The number of nitrogens with one attached hydrogen (secondary N) is 1. The van der Waals surface area contributed by atoms with Gasteiger partial charge in [-0.3, -0.25) is 18.4 Å². The number of fused-ring (bicyclic) bond motifs is 1. The minimum atomic E-state index is -5.27. The largest absolute Gasteiger partial charge is 0.389 e. The first-order valence-corrected chi connectivity index (χ1v) is 19.4. The summed E-state index contributed by atoms with van der Waals surface area (Å²) in [6, 6.07) is 17.9. The summed E-state index contributed by atoms with van der Waals surface area (Å²) in [6.07, 6.45) is 0. The summed E-state index contributed by atoms with van der Waals surface area (Å²) in [5.74, 6) is 0. The molecule has 5 rings (SSSR count). The Labute approximate surface area is 277 Å². The van der Waals surface area contributed by atoms with Gasteiger partial charge in [0, 0.05) is 22.0 Å². The van der Waals surface area contributed by atoms with Crippen LogP contribution in [0.3, 0.4) is 0 Å². The highest BCUT2D eigenvalue weighted by Gasteiger charge is 2.26. The Kier molecular flexibility index (Phi) is 8.88. The minimum absolute atomic E-state index is 0.00611. The molecule has 0 saturated carbocycles. The Morgan fingerprint density at radius 3 is 1.94 bits per heavy atom. The predicted octanol–water partition coefficient (Wildman–Crippen LogP) is 4.98. The highest BCUT2D eigenvalue weighted by atomic mass is 32.2. The number of nitriles is 1. The van der Waals surface area contributed by atoms with Gasteiger partial charge in [-0.2, -0.15) is 30.5 Å². The first-order chi connectivity index (χ1) is 22.3. The van der Waals surface area contributed by atoms with Crippen LogP contribution in [0.4, 0.5) is 21.4 Å². The minimum Gasteiger partial charge on any atom is -0.389 e. The van der Waals surface area contributed by atoms with Gasteiger partial charge in [-0.25, -0.2) is 8.42 Å². The average molecular weight is 750 g/mol. The lowest BCUT2D eigenvalue weighted by Crippen LogP contribution is -2.12. The van der Waals surface area contributed by atoms with E-state index in [2.05, 4.69) is 15.0 Å². The number of hydrogen-bond acceptors (Lipinski definition) is 13. The molecule has 0 atom stereocenters. The maximum atomic E-state index is 12.9. The number of azo groups is 1.